The molecule has 0 saturated heterocycles. The van der Waals surface area contributed by atoms with Crippen molar-refractivity contribution < 1.29 is 29.2 Å². The highest BCUT2D eigenvalue weighted by atomic mass is 16.5. The summed E-state index contributed by atoms with van der Waals surface area (Å²) in [4.78, 5) is 0. The van der Waals surface area contributed by atoms with Gasteiger partial charge in [0.05, 0.1) is 26.4 Å². The summed E-state index contributed by atoms with van der Waals surface area (Å²) in [5, 5.41) is 21.7. The molecule has 232 valence electrons. The van der Waals surface area contributed by atoms with E-state index in [1.807, 2.05) is 12.1 Å². The van der Waals surface area contributed by atoms with E-state index in [4.69, 9.17) is 18.9 Å². The van der Waals surface area contributed by atoms with Crippen molar-refractivity contribution in [2.24, 2.45) is 0 Å². The Kier molecular flexibility index (Phi) is 15.6. The van der Waals surface area contributed by atoms with Crippen molar-refractivity contribution in [2.45, 2.75) is 124 Å². The van der Waals surface area contributed by atoms with Gasteiger partial charge in [-0.1, -0.05) is 92.9 Å². The van der Waals surface area contributed by atoms with E-state index in [1.54, 1.807) is 12.1 Å². The minimum Gasteiger partial charge on any atom is -0.504 e. The Morgan fingerprint density at radius 2 is 0.756 bits per heavy atom. The largest absolute Gasteiger partial charge is 0.504 e. The number of benzene rings is 2. The Morgan fingerprint density at radius 1 is 0.463 bits per heavy atom. The molecule has 0 spiro atoms. The van der Waals surface area contributed by atoms with Crippen molar-refractivity contribution in [2.75, 3.05) is 26.4 Å². The second kappa shape index (κ2) is 18.6. The van der Waals surface area contributed by atoms with Gasteiger partial charge in [-0.05, 0) is 37.8 Å². The Hall–Kier alpha value is -2.76. The first-order valence-corrected chi connectivity index (χ1v) is 16.1. The van der Waals surface area contributed by atoms with E-state index >= 15 is 0 Å². The zero-order chi connectivity index (χ0) is 30.1. The maximum absolute atomic E-state index is 10.9. The predicted octanol–water partition coefficient (Wildman–Crippen LogP) is 9.70. The fraction of sp³-hybridized carbons (Fsp3) is 0.657. The van der Waals surface area contributed by atoms with Crippen LogP contribution in [0.3, 0.4) is 0 Å². The fourth-order valence-corrected chi connectivity index (χ4v) is 4.83. The van der Waals surface area contributed by atoms with Gasteiger partial charge >= 0.3 is 0 Å². The number of hydrogen-bond donors (Lipinski definition) is 2. The van der Waals surface area contributed by atoms with Crippen molar-refractivity contribution in [3.8, 4) is 34.5 Å². The van der Waals surface area contributed by atoms with E-state index in [9.17, 15) is 10.2 Å². The molecule has 0 aliphatic heterocycles. The molecule has 0 fully saturated rings. The molecule has 0 saturated carbocycles. The smallest absolute Gasteiger partial charge is 0.161 e. The van der Waals surface area contributed by atoms with Crippen molar-refractivity contribution >= 4 is 0 Å². The maximum atomic E-state index is 10.9. The maximum Gasteiger partial charge on any atom is 0.161 e. The van der Waals surface area contributed by atoms with E-state index in [0.717, 1.165) is 88.2 Å². The van der Waals surface area contributed by atoms with Crippen LogP contribution in [0.5, 0.6) is 34.5 Å². The lowest BCUT2D eigenvalue weighted by Gasteiger charge is -2.31. The van der Waals surface area contributed by atoms with Crippen LogP contribution in [0.2, 0.25) is 0 Å². The summed E-state index contributed by atoms with van der Waals surface area (Å²) in [7, 11) is 0. The quantitative estimate of drug-likeness (QED) is 0.137. The SMILES string of the molecule is CCCCCOc1cc(C(C)(C)c2cc(OCCCCC)c(O)cc2OCCCCC)c(OCCCCC)cc1O. The lowest BCUT2D eigenvalue weighted by atomic mass is 9.76. The number of unbranched alkanes of at least 4 members (excludes halogenated alkanes) is 8. The Morgan fingerprint density at radius 3 is 1.05 bits per heavy atom. The molecule has 6 nitrogen and oxygen atoms in total. The highest BCUT2D eigenvalue weighted by Gasteiger charge is 2.33. The van der Waals surface area contributed by atoms with Crippen molar-refractivity contribution in [1.29, 1.82) is 0 Å². The summed E-state index contributed by atoms with van der Waals surface area (Å²) in [5.74, 6) is 2.30. The standard InChI is InChI=1S/C35H56O6/c1-7-11-15-19-38-31-25-29(36)33(40-21-17-13-9-3)23-27(31)35(5,6)28-24-34(41-22-18-14-10-4)30(37)26-32(28)39-20-16-12-8-2/h23-26,36-37H,7-22H2,1-6H3. The van der Waals surface area contributed by atoms with Crippen LogP contribution in [0.1, 0.15) is 130 Å². The lowest BCUT2D eigenvalue weighted by Crippen LogP contribution is -2.22. The van der Waals surface area contributed by atoms with E-state index < -0.39 is 5.41 Å². The molecule has 2 aromatic rings. The number of rotatable bonds is 22. The molecule has 0 radical (unpaired) electrons. The van der Waals surface area contributed by atoms with Gasteiger partial charge in [0.15, 0.2) is 23.0 Å². The van der Waals surface area contributed by atoms with E-state index in [0.29, 0.717) is 49.4 Å². The summed E-state index contributed by atoms with van der Waals surface area (Å²) in [5.41, 5.74) is 1.15. The number of phenols is 2. The molecule has 2 rings (SSSR count). The molecule has 41 heavy (non-hydrogen) atoms. The van der Waals surface area contributed by atoms with Gasteiger partial charge in [-0.3, -0.25) is 0 Å². The van der Waals surface area contributed by atoms with E-state index in [2.05, 4.69) is 41.5 Å². The molecule has 0 unspecified atom stereocenters. The second-order valence-corrected chi connectivity index (χ2v) is 11.5. The van der Waals surface area contributed by atoms with Crippen LogP contribution < -0.4 is 18.9 Å². The third kappa shape index (κ3) is 10.9. The summed E-state index contributed by atoms with van der Waals surface area (Å²) in [6.45, 7) is 15.1. The molecule has 0 atom stereocenters. The third-order valence-corrected chi connectivity index (χ3v) is 7.49. The highest BCUT2D eigenvalue weighted by Crippen LogP contribution is 2.48. The summed E-state index contributed by atoms with van der Waals surface area (Å²) in [6.07, 6.45) is 12.4. The summed E-state index contributed by atoms with van der Waals surface area (Å²) in [6, 6.07) is 7.18. The van der Waals surface area contributed by atoms with Gasteiger partial charge in [0.1, 0.15) is 11.5 Å². The minimum atomic E-state index is -0.620. The molecule has 2 N–H and O–H groups in total. The Bertz CT molecular complexity index is 937. The van der Waals surface area contributed by atoms with Gasteiger partial charge in [-0.25, -0.2) is 0 Å². The van der Waals surface area contributed by atoms with Gasteiger partial charge in [0, 0.05) is 28.7 Å². The first-order valence-electron chi connectivity index (χ1n) is 16.1. The van der Waals surface area contributed by atoms with Crippen LogP contribution in [-0.4, -0.2) is 36.6 Å². The van der Waals surface area contributed by atoms with Crippen molar-refractivity contribution in [3.63, 3.8) is 0 Å². The molecule has 6 heteroatoms. The highest BCUT2D eigenvalue weighted by molar-refractivity contribution is 5.60. The third-order valence-electron chi connectivity index (χ3n) is 7.49. The van der Waals surface area contributed by atoms with Crippen LogP contribution in [0, 0.1) is 0 Å². The van der Waals surface area contributed by atoms with Crippen molar-refractivity contribution in [3.05, 3.63) is 35.4 Å². The molecule has 0 aliphatic carbocycles. The van der Waals surface area contributed by atoms with Gasteiger partial charge in [-0.15, -0.1) is 0 Å². The molecule has 0 bridgehead atoms. The van der Waals surface area contributed by atoms with E-state index in [-0.39, 0.29) is 11.5 Å². The molecule has 0 heterocycles. The lowest BCUT2D eigenvalue weighted by molar-refractivity contribution is 0.274. The molecule has 2 aromatic carbocycles. The van der Waals surface area contributed by atoms with Gasteiger partial charge < -0.3 is 29.2 Å². The van der Waals surface area contributed by atoms with Gasteiger partial charge in [0.25, 0.3) is 0 Å². The topological polar surface area (TPSA) is 77.4 Å². The normalized spacial score (nSPS) is 11.5. The number of ether oxygens (including phenoxy) is 4. The minimum absolute atomic E-state index is 0.0771. The van der Waals surface area contributed by atoms with Gasteiger partial charge in [0.2, 0.25) is 0 Å². The molecule has 0 aliphatic rings. The Balaban J connectivity index is 2.56. The molecular formula is C35H56O6. The average Bonchev–Trinajstić information content (AvgIpc) is 2.95. The van der Waals surface area contributed by atoms with Crippen LogP contribution in [0.4, 0.5) is 0 Å². The van der Waals surface area contributed by atoms with Crippen molar-refractivity contribution in [1.82, 2.24) is 0 Å². The monoisotopic (exact) mass is 572 g/mol. The number of aromatic hydroxyl groups is 2. The zero-order valence-electron chi connectivity index (χ0n) is 26.7. The number of hydrogen-bond acceptors (Lipinski definition) is 6. The van der Waals surface area contributed by atoms with Gasteiger partial charge in [-0.2, -0.15) is 0 Å². The average molecular weight is 573 g/mol. The molecular weight excluding hydrogens is 516 g/mol. The zero-order valence-corrected chi connectivity index (χ0v) is 26.7. The second-order valence-electron chi connectivity index (χ2n) is 11.5. The first-order chi connectivity index (χ1) is 19.8. The predicted molar refractivity (Wildman–Crippen MR) is 168 cm³/mol. The summed E-state index contributed by atoms with van der Waals surface area (Å²) >= 11 is 0. The first kappa shape index (κ1) is 34.4. The van der Waals surface area contributed by atoms with E-state index in [1.165, 1.54) is 0 Å². The van der Waals surface area contributed by atoms with Crippen LogP contribution in [0.15, 0.2) is 24.3 Å². The van der Waals surface area contributed by atoms with Crippen LogP contribution in [-0.2, 0) is 5.41 Å². The van der Waals surface area contributed by atoms with Crippen LogP contribution >= 0.6 is 0 Å². The van der Waals surface area contributed by atoms with Crippen LogP contribution in [0.25, 0.3) is 0 Å². The fourth-order valence-electron chi connectivity index (χ4n) is 4.83. The number of phenolic OH excluding ortho intramolecular Hbond substituents is 2. The summed E-state index contributed by atoms with van der Waals surface area (Å²) < 4.78 is 24.7. The Labute approximate surface area is 249 Å². The molecule has 0 amide bonds. The molecule has 0 aromatic heterocycles.